The van der Waals surface area contributed by atoms with Gasteiger partial charge in [0.15, 0.2) is 5.78 Å². The summed E-state index contributed by atoms with van der Waals surface area (Å²) in [6.45, 7) is 4.75. The highest BCUT2D eigenvalue weighted by Crippen LogP contribution is 2.31. The molecular formula is C25H31N3O7. The van der Waals surface area contributed by atoms with Gasteiger partial charge < -0.3 is 35.1 Å². The number of aliphatic hydroxyl groups is 2. The van der Waals surface area contributed by atoms with E-state index in [4.69, 9.17) is 9.47 Å². The van der Waals surface area contributed by atoms with Gasteiger partial charge in [-0.2, -0.15) is 0 Å². The molecule has 0 fully saturated rings. The number of aliphatic hydroxyl groups excluding tert-OH is 2. The van der Waals surface area contributed by atoms with Gasteiger partial charge in [-0.15, -0.1) is 0 Å². The standard InChI is InChI=1S/C25H31N3O7/c1-15-6-7-20(30)24(32)19(29)5-3-4-17-12-18(13-21(31)23(17)25(33)35-16(15)2)34-11-10-26-14-22-27-8-9-28-22/h3-4,6-9,12-13,15-16,19,24,26,29,31-32H,5,10-11,14H2,1-2H3,(H,27,28)/b4-3+,7-6-/t15-,16-,19-,24-/m0/s1. The second-order valence-corrected chi connectivity index (χ2v) is 8.35. The van der Waals surface area contributed by atoms with Crippen LogP contribution in [-0.4, -0.2) is 68.5 Å². The Labute approximate surface area is 203 Å². The summed E-state index contributed by atoms with van der Waals surface area (Å²) in [5, 5.41) is 34.1. The number of imidazole rings is 1. The molecule has 10 nitrogen and oxygen atoms in total. The highest BCUT2D eigenvalue weighted by Gasteiger charge is 2.25. The van der Waals surface area contributed by atoms with E-state index in [-0.39, 0.29) is 23.7 Å². The summed E-state index contributed by atoms with van der Waals surface area (Å²) in [5.74, 6) is -0.903. The monoisotopic (exact) mass is 485 g/mol. The molecule has 0 unspecified atom stereocenters. The van der Waals surface area contributed by atoms with Crippen molar-refractivity contribution in [3.63, 3.8) is 0 Å². The molecule has 0 radical (unpaired) electrons. The first-order valence-electron chi connectivity index (χ1n) is 11.4. The fraction of sp³-hybridized carbons (Fsp3) is 0.400. The van der Waals surface area contributed by atoms with E-state index in [0.717, 1.165) is 5.82 Å². The highest BCUT2D eigenvalue weighted by atomic mass is 16.5. The van der Waals surface area contributed by atoms with E-state index in [9.17, 15) is 24.9 Å². The Balaban J connectivity index is 1.78. The summed E-state index contributed by atoms with van der Waals surface area (Å²) in [6, 6.07) is 2.92. The molecule has 0 amide bonds. The first-order chi connectivity index (χ1) is 16.8. The number of ether oxygens (including phenoxy) is 2. The first kappa shape index (κ1) is 26.1. The van der Waals surface area contributed by atoms with Crippen molar-refractivity contribution >= 4 is 17.8 Å². The van der Waals surface area contributed by atoms with Crippen LogP contribution in [0.2, 0.25) is 0 Å². The molecule has 1 aromatic heterocycles. The normalized spacial score (nSPS) is 25.3. The molecule has 0 bridgehead atoms. The molecule has 0 saturated heterocycles. The molecule has 2 aromatic rings. The molecule has 1 aromatic carbocycles. The number of aromatic hydroxyl groups is 1. The van der Waals surface area contributed by atoms with Crippen LogP contribution in [0, 0.1) is 5.92 Å². The van der Waals surface area contributed by atoms with E-state index in [1.54, 1.807) is 32.3 Å². The number of fused-ring (bicyclic) bond motifs is 1. The lowest BCUT2D eigenvalue weighted by Crippen LogP contribution is -2.32. The van der Waals surface area contributed by atoms with Crippen molar-refractivity contribution in [3.05, 3.63) is 59.7 Å². The molecule has 5 N–H and O–H groups in total. The third-order valence-corrected chi connectivity index (χ3v) is 5.65. The average molecular weight is 486 g/mol. The lowest BCUT2D eigenvalue weighted by molar-refractivity contribution is -0.127. The molecule has 0 aliphatic carbocycles. The molecule has 188 valence electrons. The topological polar surface area (TPSA) is 154 Å². The number of ketones is 1. The largest absolute Gasteiger partial charge is 0.507 e. The predicted molar refractivity (Wildman–Crippen MR) is 128 cm³/mol. The molecule has 1 aliphatic heterocycles. The summed E-state index contributed by atoms with van der Waals surface area (Å²) in [7, 11) is 0. The van der Waals surface area contributed by atoms with Crippen molar-refractivity contribution in [1.29, 1.82) is 0 Å². The molecule has 2 heterocycles. The zero-order valence-electron chi connectivity index (χ0n) is 19.7. The van der Waals surface area contributed by atoms with Gasteiger partial charge in [-0.1, -0.05) is 25.2 Å². The second kappa shape index (κ2) is 12.3. The minimum atomic E-state index is -1.58. The maximum absolute atomic E-state index is 12.9. The van der Waals surface area contributed by atoms with Crippen LogP contribution in [0.5, 0.6) is 11.5 Å². The third-order valence-electron chi connectivity index (χ3n) is 5.65. The number of hydrogen-bond donors (Lipinski definition) is 5. The number of benzene rings is 1. The molecule has 35 heavy (non-hydrogen) atoms. The van der Waals surface area contributed by atoms with Crippen LogP contribution >= 0.6 is 0 Å². The van der Waals surface area contributed by atoms with Crippen molar-refractivity contribution in [3.8, 4) is 11.5 Å². The Morgan fingerprint density at radius 1 is 1.23 bits per heavy atom. The Morgan fingerprint density at radius 2 is 2.03 bits per heavy atom. The van der Waals surface area contributed by atoms with Gasteiger partial charge >= 0.3 is 5.97 Å². The Kier molecular flexibility index (Phi) is 9.18. The van der Waals surface area contributed by atoms with Crippen LogP contribution in [-0.2, 0) is 16.1 Å². The van der Waals surface area contributed by atoms with E-state index in [0.29, 0.717) is 31.0 Å². The van der Waals surface area contributed by atoms with Crippen LogP contribution in [0.1, 0.15) is 42.0 Å². The van der Waals surface area contributed by atoms with Crippen LogP contribution < -0.4 is 10.1 Å². The fourth-order valence-electron chi connectivity index (χ4n) is 3.39. The second-order valence-electron chi connectivity index (χ2n) is 8.35. The average Bonchev–Trinajstić information content (AvgIpc) is 3.34. The maximum Gasteiger partial charge on any atom is 0.342 e. The number of rotatable bonds is 6. The van der Waals surface area contributed by atoms with Crippen molar-refractivity contribution in [2.75, 3.05) is 13.2 Å². The van der Waals surface area contributed by atoms with Gasteiger partial charge in [0.25, 0.3) is 0 Å². The number of nitrogens with zero attached hydrogens (tertiary/aromatic N) is 1. The number of phenols is 1. The van der Waals surface area contributed by atoms with E-state index in [2.05, 4.69) is 15.3 Å². The Morgan fingerprint density at radius 3 is 2.77 bits per heavy atom. The molecule has 3 rings (SSSR count). The highest BCUT2D eigenvalue weighted by molar-refractivity contribution is 5.97. The van der Waals surface area contributed by atoms with E-state index < -0.39 is 30.1 Å². The summed E-state index contributed by atoms with van der Waals surface area (Å²) in [6.07, 6.45) is 5.51. The van der Waals surface area contributed by atoms with Crippen LogP contribution in [0.25, 0.3) is 6.08 Å². The van der Waals surface area contributed by atoms with Crippen LogP contribution in [0.4, 0.5) is 0 Å². The maximum atomic E-state index is 12.9. The number of aromatic nitrogens is 2. The van der Waals surface area contributed by atoms with Gasteiger partial charge in [0.05, 0.1) is 12.6 Å². The summed E-state index contributed by atoms with van der Waals surface area (Å²) in [4.78, 5) is 32.1. The molecule has 10 heteroatoms. The molecule has 1 aliphatic rings. The van der Waals surface area contributed by atoms with Crippen LogP contribution in [0.3, 0.4) is 0 Å². The van der Waals surface area contributed by atoms with Crippen molar-refractivity contribution < 1.29 is 34.4 Å². The van der Waals surface area contributed by atoms with Crippen LogP contribution in [0.15, 0.2) is 42.8 Å². The lowest BCUT2D eigenvalue weighted by atomic mass is 9.99. The Bertz CT molecular complexity index is 1070. The molecular weight excluding hydrogens is 454 g/mol. The number of cyclic esters (lactones) is 1. The number of nitrogens with one attached hydrogen (secondary N) is 2. The van der Waals surface area contributed by atoms with E-state index in [1.165, 1.54) is 30.4 Å². The van der Waals surface area contributed by atoms with Gasteiger partial charge in [-0.25, -0.2) is 9.78 Å². The smallest absolute Gasteiger partial charge is 0.342 e. The third kappa shape index (κ3) is 7.25. The molecule has 0 saturated carbocycles. The molecule has 0 spiro atoms. The van der Waals surface area contributed by atoms with Gasteiger partial charge in [0.2, 0.25) is 0 Å². The SMILES string of the molecule is C[C@@H]1OC(=O)c2c(O)cc(OCCNCc3ncc[nH]3)cc2/C=C/C[C@H](O)[C@H](O)C(=O)/C=C\[C@@H]1C. The number of hydrogen-bond acceptors (Lipinski definition) is 9. The minimum absolute atomic E-state index is 0.0456. The number of phenolic OH excluding ortho intramolecular Hbond substituents is 1. The summed E-state index contributed by atoms with van der Waals surface area (Å²) in [5.41, 5.74) is 0.268. The van der Waals surface area contributed by atoms with Gasteiger partial charge in [-0.3, -0.25) is 4.79 Å². The summed E-state index contributed by atoms with van der Waals surface area (Å²) < 4.78 is 11.2. The van der Waals surface area contributed by atoms with E-state index >= 15 is 0 Å². The van der Waals surface area contributed by atoms with Gasteiger partial charge in [-0.05, 0) is 31.1 Å². The summed E-state index contributed by atoms with van der Waals surface area (Å²) >= 11 is 0. The fourth-order valence-corrected chi connectivity index (χ4v) is 3.39. The van der Waals surface area contributed by atoms with E-state index in [1.807, 2.05) is 0 Å². The molecule has 4 atom stereocenters. The number of H-pyrrole nitrogens is 1. The number of esters is 1. The van der Waals surface area contributed by atoms with Gasteiger partial charge in [0.1, 0.15) is 41.7 Å². The minimum Gasteiger partial charge on any atom is -0.507 e. The Hall–Kier alpha value is -3.47. The van der Waals surface area contributed by atoms with Crippen molar-refractivity contribution in [2.45, 2.75) is 45.1 Å². The lowest BCUT2D eigenvalue weighted by Gasteiger charge is -2.20. The zero-order valence-corrected chi connectivity index (χ0v) is 19.7. The number of carbonyl (C=O) groups is 2. The predicted octanol–water partition coefficient (Wildman–Crippen LogP) is 1.73. The number of aromatic amines is 1. The quantitative estimate of drug-likeness (QED) is 0.304. The van der Waals surface area contributed by atoms with Crippen molar-refractivity contribution in [1.82, 2.24) is 15.3 Å². The van der Waals surface area contributed by atoms with Gasteiger partial charge in [0, 0.05) is 30.9 Å². The number of carbonyl (C=O) groups excluding carboxylic acids is 2. The zero-order chi connectivity index (χ0) is 25.4. The van der Waals surface area contributed by atoms with Crippen molar-refractivity contribution in [2.24, 2.45) is 5.92 Å². The first-order valence-corrected chi connectivity index (χ1v) is 11.4.